The maximum Gasteiger partial charge on any atom is 0.229 e. The first-order chi connectivity index (χ1) is 12.8. The summed E-state index contributed by atoms with van der Waals surface area (Å²) in [6, 6.07) is 6.13. The quantitative estimate of drug-likeness (QED) is 0.712. The number of ether oxygens (including phenoxy) is 2. The normalized spacial score (nSPS) is 19.2. The van der Waals surface area contributed by atoms with Crippen LogP contribution in [-0.4, -0.2) is 40.0 Å². The zero-order valence-electron chi connectivity index (χ0n) is 14.3. The topological polar surface area (TPSA) is 56.1 Å². The first-order valence-corrected chi connectivity index (χ1v) is 9.76. The van der Waals surface area contributed by atoms with Gasteiger partial charge in [-0.3, -0.25) is 9.20 Å². The van der Waals surface area contributed by atoms with E-state index in [1.54, 1.807) is 11.3 Å². The van der Waals surface area contributed by atoms with E-state index in [1.807, 2.05) is 39.2 Å². The summed E-state index contributed by atoms with van der Waals surface area (Å²) < 4.78 is 13.3. The predicted molar refractivity (Wildman–Crippen MR) is 97.9 cm³/mol. The molecule has 2 aliphatic heterocycles. The molecule has 1 aromatic carbocycles. The number of benzene rings is 1. The molecule has 1 atom stereocenters. The van der Waals surface area contributed by atoms with E-state index in [0.717, 1.165) is 47.1 Å². The van der Waals surface area contributed by atoms with Gasteiger partial charge in [0.05, 0.1) is 18.2 Å². The number of likely N-dealkylation sites (tertiary alicyclic amines) is 1. The number of amides is 1. The van der Waals surface area contributed by atoms with Crippen LogP contribution in [0.4, 0.5) is 0 Å². The molecule has 0 N–H and O–H groups in total. The monoisotopic (exact) mass is 369 g/mol. The van der Waals surface area contributed by atoms with Crippen LogP contribution in [-0.2, 0) is 11.2 Å². The lowest BCUT2D eigenvalue weighted by Gasteiger charge is -2.26. The van der Waals surface area contributed by atoms with Crippen LogP contribution < -0.4 is 9.47 Å². The van der Waals surface area contributed by atoms with Gasteiger partial charge in [-0.15, -0.1) is 11.3 Å². The highest BCUT2D eigenvalue weighted by molar-refractivity contribution is 7.15. The molecule has 0 aliphatic carbocycles. The Bertz CT molecular complexity index is 936. The fourth-order valence-corrected chi connectivity index (χ4v) is 4.52. The molecule has 3 aromatic rings. The lowest BCUT2D eigenvalue weighted by molar-refractivity contribution is -0.131. The largest absolute Gasteiger partial charge is 0.486 e. The van der Waals surface area contributed by atoms with Crippen molar-refractivity contribution in [2.24, 2.45) is 0 Å². The highest BCUT2D eigenvalue weighted by Crippen LogP contribution is 2.38. The van der Waals surface area contributed by atoms with Crippen LogP contribution in [0.1, 0.15) is 30.1 Å². The number of aromatic nitrogens is 2. The van der Waals surface area contributed by atoms with Crippen molar-refractivity contribution in [1.29, 1.82) is 0 Å². The zero-order valence-corrected chi connectivity index (χ0v) is 15.1. The predicted octanol–water partition coefficient (Wildman–Crippen LogP) is 3.07. The summed E-state index contributed by atoms with van der Waals surface area (Å²) in [5, 5.41) is 1.99. The van der Waals surface area contributed by atoms with Gasteiger partial charge in [0.25, 0.3) is 0 Å². The molecule has 2 aromatic heterocycles. The van der Waals surface area contributed by atoms with Crippen LogP contribution in [0.5, 0.6) is 11.5 Å². The van der Waals surface area contributed by atoms with E-state index in [1.165, 1.54) is 0 Å². The average Bonchev–Trinajstić information content (AvgIpc) is 3.37. The molecule has 6 nitrogen and oxygen atoms in total. The second-order valence-electron chi connectivity index (χ2n) is 6.65. The Kier molecular flexibility index (Phi) is 3.81. The van der Waals surface area contributed by atoms with E-state index < -0.39 is 0 Å². The Morgan fingerprint density at radius 3 is 3.04 bits per heavy atom. The van der Waals surface area contributed by atoms with Crippen molar-refractivity contribution >= 4 is 22.2 Å². The van der Waals surface area contributed by atoms with E-state index in [-0.39, 0.29) is 11.9 Å². The molecule has 134 valence electrons. The van der Waals surface area contributed by atoms with Crippen molar-refractivity contribution < 1.29 is 14.3 Å². The van der Waals surface area contributed by atoms with Gasteiger partial charge in [0.1, 0.15) is 13.2 Å². The van der Waals surface area contributed by atoms with E-state index in [4.69, 9.17) is 9.47 Å². The van der Waals surface area contributed by atoms with Crippen LogP contribution in [0.15, 0.2) is 36.0 Å². The van der Waals surface area contributed by atoms with Crippen LogP contribution in [0, 0.1) is 0 Å². The summed E-state index contributed by atoms with van der Waals surface area (Å²) in [6.45, 7) is 1.95. The molecule has 1 amide bonds. The van der Waals surface area contributed by atoms with Crippen LogP contribution >= 0.6 is 11.3 Å². The second-order valence-corrected chi connectivity index (χ2v) is 7.52. The van der Waals surface area contributed by atoms with Crippen molar-refractivity contribution in [1.82, 2.24) is 14.3 Å². The Morgan fingerprint density at radius 2 is 2.15 bits per heavy atom. The maximum atomic E-state index is 12.9. The van der Waals surface area contributed by atoms with Crippen molar-refractivity contribution in [3.05, 3.63) is 47.2 Å². The van der Waals surface area contributed by atoms with Gasteiger partial charge in [-0.25, -0.2) is 4.98 Å². The van der Waals surface area contributed by atoms with Crippen molar-refractivity contribution in [2.75, 3.05) is 19.8 Å². The van der Waals surface area contributed by atoms with E-state index in [0.29, 0.717) is 19.6 Å². The number of thiazole rings is 1. The smallest absolute Gasteiger partial charge is 0.229 e. The van der Waals surface area contributed by atoms with Crippen molar-refractivity contribution in [2.45, 2.75) is 25.3 Å². The summed E-state index contributed by atoms with van der Waals surface area (Å²) in [7, 11) is 0. The van der Waals surface area contributed by atoms with Crippen LogP contribution in [0.3, 0.4) is 0 Å². The fourth-order valence-electron chi connectivity index (χ4n) is 3.80. The average molecular weight is 369 g/mol. The molecule has 5 rings (SSSR count). The first kappa shape index (κ1) is 15.7. The van der Waals surface area contributed by atoms with Gasteiger partial charge in [-0.1, -0.05) is 6.07 Å². The Labute approximate surface area is 155 Å². The number of carbonyl (C=O) groups excluding carboxylic acids is 1. The Hall–Kier alpha value is -2.54. The number of carbonyl (C=O) groups is 1. The number of fused-ring (bicyclic) bond motifs is 2. The minimum absolute atomic E-state index is 0.0991. The molecule has 26 heavy (non-hydrogen) atoms. The van der Waals surface area contributed by atoms with Gasteiger partial charge in [-0.2, -0.15) is 0 Å². The van der Waals surface area contributed by atoms with E-state index >= 15 is 0 Å². The SMILES string of the molecule is O=C(Cc1cn2ccsc2n1)N1CCC[C@@H]1c1ccc2c(c1)OCCO2. The van der Waals surface area contributed by atoms with Crippen LogP contribution in [0.25, 0.3) is 4.96 Å². The molecular weight excluding hydrogens is 350 g/mol. The van der Waals surface area contributed by atoms with Gasteiger partial charge in [-0.05, 0) is 30.5 Å². The number of imidazole rings is 1. The lowest BCUT2D eigenvalue weighted by atomic mass is 10.0. The molecule has 0 spiro atoms. The standard InChI is InChI=1S/C19H19N3O3S/c23-18(11-14-12-21-6-9-26-19(21)20-14)22-5-1-2-15(22)13-3-4-16-17(10-13)25-8-7-24-16/h3-4,6,9-10,12,15H,1-2,5,7-8,11H2/t15-/m1/s1. The third kappa shape index (κ3) is 2.72. The Morgan fingerprint density at radius 1 is 1.27 bits per heavy atom. The molecular formula is C19H19N3O3S. The summed E-state index contributed by atoms with van der Waals surface area (Å²) in [5.41, 5.74) is 1.94. The maximum absolute atomic E-state index is 12.9. The molecule has 0 unspecified atom stereocenters. The zero-order chi connectivity index (χ0) is 17.5. The van der Waals surface area contributed by atoms with Gasteiger partial charge < -0.3 is 14.4 Å². The molecule has 0 bridgehead atoms. The van der Waals surface area contributed by atoms with Crippen molar-refractivity contribution in [3.8, 4) is 11.5 Å². The minimum atomic E-state index is 0.0991. The van der Waals surface area contributed by atoms with Gasteiger partial charge in [0.2, 0.25) is 5.91 Å². The van der Waals surface area contributed by atoms with Crippen LogP contribution in [0.2, 0.25) is 0 Å². The Balaban J connectivity index is 1.36. The summed E-state index contributed by atoms with van der Waals surface area (Å²) >= 11 is 1.58. The fraction of sp³-hybridized carbons (Fsp3) is 0.368. The van der Waals surface area contributed by atoms with Crippen molar-refractivity contribution in [3.63, 3.8) is 0 Å². The molecule has 0 radical (unpaired) electrons. The third-order valence-electron chi connectivity index (χ3n) is 5.00. The molecule has 1 fully saturated rings. The van der Waals surface area contributed by atoms with Gasteiger partial charge >= 0.3 is 0 Å². The molecule has 1 saturated heterocycles. The van der Waals surface area contributed by atoms with E-state index in [9.17, 15) is 4.79 Å². The number of hydrogen-bond donors (Lipinski definition) is 0. The summed E-state index contributed by atoms with van der Waals surface area (Å²) in [5.74, 6) is 1.70. The molecule has 7 heteroatoms. The van der Waals surface area contributed by atoms with E-state index in [2.05, 4.69) is 11.1 Å². The minimum Gasteiger partial charge on any atom is -0.486 e. The number of rotatable bonds is 3. The first-order valence-electron chi connectivity index (χ1n) is 8.88. The third-order valence-corrected chi connectivity index (χ3v) is 5.77. The summed E-state index contributed by atoms with van der Waals surface area (Å²) in [6.07, 6.45) is 6.25. The molecule has 2 aliphatic rings. The summed E-state index contributed by atoms with van der Waals surface area (Å²) in [4.78, 5) is 20.4. The van der Waals surface area contributed by atoms with Gasteiger partial charge in [0.15, 0.2) is 16.5 Å². The number of nitrogens with zero attached hydrogens (tertiary/aromatic N) is 3. The molecule has 4 heterocycles. The lowest BCUT2D eigenvalue weighted by Crippen LogP contribution is -2.32. The highest BCUT2D eigenvalue weighted by Gasteiger charge is 2.31. The number of hydrogen-bond acceptors (Lipinski definition) is 5. The molecule has 0 saturated carbocycles. The van der Waals surface area contributed by atoms with Gasteiger partial charge in [0, 0.05) is 24.3 Å². The second kappa shape index (κ2) is 6.32. The highest BCUT2D eigenvalue weighted by atomic mass is 32.1.